The van der Waals surface area contributed by atoms with Crippen molar-refractivity contribution in [2.75, 3.05) is 66.4 Å². The fourth-order valence-corrected chi connectivity index (χ4v) is 11.0. The number of ether oxygens (including phenoxy) is 1. The summed E-state index contributed by atoms with van der Waals surface area (Å²) in [6.45, 7) is 4.64. The van der Waals surface area contributed by atoms with Crippen LogP contribution in [0.15, 0.2) is 100 Å². The van der Waals surface area contributed by atoms with E-state index in [0.29, 0.717) is 66.2 Å². The fourth-order valence-electron chi connectivity index (χ4n) is 7.09. The smallest absolute Gasteiger partial charge is 0.293 e. The van der Waals surface area contributed by atoms with Gasteiger partial charge in [-0.15, -0.1) is 23.1 Å². The van der Waals surface area contributed by atoms with E-state index in [1.54, 1.807) is 30.2 Å². The van der Waals surface area contributed by atoms with Crippen molar-refractivity contribution in [1.29, 1.82) is 0 Å². The van der Waals surface area contributed by atoms with Crippen LogP contribution >= 0.6 is 34.4 Å². The molecule has 60 heavy (non-hydrogen) atoms. The summed E-state index contributed by atoms with van der Waals surface area (Å²) < 4.78 is 33.6. The number of nitro benzene ring substituents is 1. The lowest BCUT2D eigenvalue weighted by molar-refractivity contribution is -0.384. The summed E-state index contributed by atoms with van der Waals surface area (Å²) in [6, 6.07) is 20.9. The lowest BCUT2D eigenvalue weighted by Gasteiger charge is -2.29. The lowest BCUT2D eigenvalue weighted by Crippen LogP contribution is -2.39. The molecule has 2 N–H and O–H groups in total. The number of carbonyl (C=O) groups excluding carboxylic acids is 2. The molecule has 2 aliphatic heterocycles. The molecule has 0 bridgehead atoms. The van der Waals surface area contributed by atoms with Gasteiger partial charge in [-0.2, -0.15) is 0 Å². The number of benzene rings is 3. The summed E-state index contributed by atoms with van der Waals surface area (Å²) in [5.74, 6) is -1.31. The molecule has 0 spiro atoms. The molecule has 3 aromatic heterocycles. The Morgan fingerprint density at radius 1 is 1.02 bits per heavy atom. The standard InChI is InChI=1S/C41H40N8O7S4/c50-37(35-25-58-41(45-35)48-16-12-27-5-4-8-31(32(27)23-48)39(51)46-40-44-34-22-42-14-11-38(34)59-40)26-60(54,55)30-9-10-33(36(21-30)49(52)53)43-28(13-15-47-17-19-56-20-18-47)24-57-29-6-2-1-3-7-29/h1-11,14,21-22,25,28,43H,12-13,15-20,23-24,26H2,(H,44,46,51)/t28-/m1/s1. The minimum Gasteiger partial charge on any atom is -0.379 e. The average molecular weight is 885 g/mol. The number of pyridine rings is 1. The Morgan fingerprint density at radius 3 is 2.65 bits per heavy atom. The fraction of sp³-hybridized carbons (Fsp3) is 0.293. The van der Waals surface area contributed by atoms with Gasteiger partial charge in [0.15, 0.2) is 25.9 Å². The van der Waals surface area contributed by atoms with Gasteiger partial charge < -0.3 is 15.0 Å². The van der Waals surface area contributed by atoms with Crippen LogP contribution in [0.5, 0.6) is 0 Å². The largest absolute Gasteiger partial charge is 0.379 e. The van der Waals surface area contributed by atoms with E-state index in [1.807, 2.05) is 53.4 Å². The number of nitrogens with one attached hydrogen (secondary N) is 2. The third-order valence-corrected chi connectivity index (χ3v) is 14.9. The van der Waals surface area contributed by atoms with Gasteiger partial charge in [-0.05, 0) is 60.4 Å². The number of nitrogens with zero attached hydrogens (tertiary/aromatic N) is 6. The zero-order valence-corrected chi connectivity index (χ0v) is 35.5. The van der Waals surface area contributed by atoms with Crippen molar-refractivity contribution in [1.82, 2.24) is 19.9 Å². The molecule has 15 nitrogen and oxygen atoms in total. The number of fused-ring (bicyclic) bond motifs is 2. The van der Waals surface area contributed by atoms with Crippen molar-refractivity contribution in [2.45, 2.75) is 35.2 Å². The van der Waals surface area contributed by atoms with E-state index in [-0.39, 0.29) is 28.2 Å². The number of carbonyl (C=O) groups is 2. The monoisotopic (exact) mass is 884 g/mol. The van der Waals surface area contributed by atoms with Crippen LogP contribution in [0, 0.1) is 10.1 Å². The molecule has 6 aromatic rings. The van der Waals surface area contributed by atoms with E-state index < -0.39 is 32.0 Å². The molecule has 8 rings (SSSR count). The van der Waals surface area contributed by atoms with Gasteiger partial charge in [-0.1, -0.05) is 41.7 Å². The molecule has 0 aliphatic carbocycles. The van der Waals surface area contributed by atoms with Crippen LogP contribution in [0.1, 0.15) is 38.4 Å². The van der Waals surface area contributed by atoms with Gasteiger partial charge >= 0.3 is 0 Å². The quantitative estimate of drug-likeness (QED) is 0.0446. The van der Waals surface area contributed by atoms with Crippen LogP contribution < -0.4 is 15.5 Å². The first-order valence-electron chi connectivity index (χ1n) is 19.2. The predicted molar refractivity (Wildman–Crippen MR) is 235 cm³/mol. The van der Waals surface area contributed by atoms with E-state index in [4.69, 9.17) is 4.74 Å². The molecule has 2 aliphatic rings. The van der Waals surface area contributed by atoms with Crippen molar-refractivity contribution >= 4 is 87.8 Å². The maximum atomic E-state index is 13.6. The normalized spacial score (nSPS) is 15.0. The third kappa shape index (κ3) is 9.83. The molecule has 310 valence electrons. The Hall–Kier alpha value is -5.31. The molecule has 0 radical (unpaired) electrons. The molecule has 1 fully saturated rings. The Bertz CT molecular complexity index is 2600. The number of hydrogen-bond donors (Lipinski definition) is 2. The molecule has 19 heteroatoms. The number of nitro groups is 1. The summed E-state index contributed by atoms with van der Waals surface area (Å²) in [5.41, 5.74) is 2.83. The average Bonchev–Trinajstić information content (AvgIpc) is 3.93. The first kappa shape index (κ1) is 41.4. The molecular weight excluding hydrogens is 845 g/mol. The maximum Gasteiger partial charge on any atom is 0.293 e. The molecule has 1 saturated heterocycles. The molecule has 3 aromatic carbocycles. The lowest BCUT2D eigenvalue weighted by atomic mass is 9.94. The van der Waals surface area contributed by atoms with Gasteiger partial charge in [0.05, 0.1) is 33.9 Å². The predicted octanol–water partition coefficient (Wildman–Crippen LogP) is 6.82. The van der Waals surface area contributed by atoms with Crippen molar-refractivity contribution in [3.63, 3.8) is 0 Å². The van der Waals surface area contributed by atoms with Gasteiger partial charge in [0.25, 0.3) is 11.6 Å². The minimum atomic E-state index is -4.29. The first-order valence-corrected chi connectivity index (χ1v) is 23.5. The highest BCUT2D eigenvalue weighted by atomic mass is 32.2. The number of thioether (sulfide) groups is 1. The molecule has 0 saturated carbocycles. The Balaban J connectivity index is 0.934. The second-order valence-corrected chi connectivity index (χ2v) is 19.2. The number of sulfone groups is 1. The van der Waals surface area contributed by atoms with Gasteiger partial charge in [-0.25, -0.2) is 18.4 Å². The first-order chi connectivity index (χ1) is 29.1. The summed E-state index contributed by atoms with van der Waals surface area (Å²) in [5, 5.41) is 21.1. The van der Waals surface area contributed by atoms with Crippen molar-refractivity contribution in [2.24, 2.45) is 0 Å². The van der Waals surface area contributed by atoms with E-state index >= 15 is 0 Å². The SMILES string of the molecule is O=C(CS(=O)(=O)c1ccc(N[C@H](CCN2CCOCC2)CSc2ccccc2)c([N+](=O)[O-])c1)c1csc(N2CCc3cccc(C(=O)Nc4nc5cnccc5s4)c3C2)n1. The second kappa shape index (κ2) is 18.5. The van der Waals surface area contributed by atoms with E-state index in [2.05, 4.69) is 30.5 Å². The van der Waals surface area contributed by atoms with Crippen LogP contribution in [-0.4, -0.2) is 102 Å². The van der Waals surface area contributed by atoms with E-state index in [9.17, 15) is 28.1 Å². The topological polar surface area (TPSA) is 190 Å². The van der Waals surface area contributed by atoms with Crippen LogP contribution in [0.3, 0.4) is 0 Å². The number of Topliss-reactive ketones (excluding diaryl/α,β-unsaturated/α-hetero) is 1. The third-order valence-electron chi connectivity index (χ3n) is 10.3. The van der Waals surface area contributed by atoms with Crippen LogP contribution in [0.4, 0.5) is 21.6 Å². The van der Waals surface area contributed by atoms with E-state index in [0.717, 1.165) is 46.4 Å². The van der Waals surface area contributed by atoms with Crippen LogP contribution in [0.2, 0.25) is 0 Å². The summed E-state index contributed by atoms with van der Waals surface area (Å²) in [6.07, 6.45) is 4.65. The van der Waals surface area contributed by atoms with Gasteiger partial charge in [0, 0.05) is 72.6 Å². The minimum absolute atomic E-state index is 0.0208. The number of amides is 1. The van der Waals surface area contributed by atoms with Gasteiger partial charge in [-0.3, -0.25) is 34.9 Å². The number of aromatic nitrogens is 3. The van der Waals surface area contributed by atoms with Crippen LogP contribution in [-0.2, 0) is 27.5 Å². The highest BCUT2D eigenvalue weighted by molar-refractivity contribution is 7.99. The van der Waals surface area contributed by atoms with Gasteiger partial charge in [0.2, 0.25) is 0 Å². The van der Waals surface area contributed by atoms with Crippen molar-refractivity contribution in [3.8, 4) is 0 Å². The molecule has 5 heterocycles. The number of morpholine rings is 1. The summed E-state index contributed by atoms with van der Waals surface area (Å²) in [7, 11) is -4.29. The number of thiazole rings is 2. The van der Waals surface area contributed by atoms with Crippen molar-refractivity contribution < 1.29 is 27.7 Å². The number of anilines is 3. The Morgan fingerprint density at radius 2 is 1.85 bits per heavy atom. The zero-order valence-electron chi connectivity index (χ0n) is 32.2. The molecule has 0 unspecified atom stereocenters. The Kier molecular flexibility index (Phi) is 12.8. The highest BCUT2D eigenvalue weighted by Crippen LogP contribution is 2.33. The van der Waals surface area contributed by atoms with Crippen LogP contribution in [0.25, 0.3) is 10.2 Å². The maximum absolute atomic E-state index is 13.6. The highest BCUT2D eigenvalue weighted by Gasteiger charge is 2.29. The zero-order chi connectivity index (χ0) is 41.6. The van der Waals surface area contributed by atoms with E-state index in [1.165, 1.54) is 40.2 Å². The Labute approximate surface area is 358 Å². The summed E-state index contributed by atoms with van der Waals surface area (Å²) in [4.78, 5) is 56.8. The second-order valence-electron chi connectivity index (χ2n) is 14.3. The molecule has 1 amide bonds. The molecule has 1 atom stereocenters. The van der Waals surface area contributed by atoms with Crippen molar-refractivity contribution in [3.05, 3.63) is 123 Å². The number of hydrogen-bond acceptors (Lipinski definition) is 16. The number of ketones is 1. The van der Waals surface area contributed by atoms with Gasteiger partial charge in [0.1, 0.15) is 22.7 Å². The number of rotatable bonds is 16. The summed E-state index contributed by atoms with van der Waals surface area (Å²) >= 11 is 4.20. The molecular formula is C41H40N8O7S4.